The standard InChI is InChI=1S/C13H14ClFN2O2S/c1-3-11-13(20(14,18)19)12(4-2)17(16-11)10-7-5-6-9(15)8-10/h5-8H,3-4H2,1-2H3. The number of hydrogen-bond donors (Lipinski definition) is 0. The minimum absolute atomic E-state index is 0.0356. The Balaban J connectivity index is 2.76. The highest BCUT2D eigenvalue weighted by Crippen LogP contribution is 2.27. The van der Waals surface area contributed by atoms with Crippen LogP contribution in [0.15, 0.2) is 29.2 Å². The molecule has 2 rings (SSSR count). The molecule has 108 valence electrons. The summed E-state index contributed by atoms with van der Waals surface area (Å²) in [7, 11) is 1.61. The molecule has 1 aromatic carbocycles. The minimum atomic E-state index is -3.89. The quantitative estimate of drug-likeness (QED) is 0.815. The molecule has 0 aliphatic heterocycles. The molecule has 0 saturated heterocycles. The van der Waals surface area contributed by atoms with Crippen molar-refractivity contribution in [1.29, 1.82) is 0 Å². The number of halogens is 2. The lowest BCUT2D eigenvalue weighted by atomic mass is 10.2. The predicted molar refractivity (Wildman–Crippen MR) is 75.3 cm³/mol. The first-order chi connectivity index (χ1) is 9.38. The Morgan fingerprint density at radius 1 is 1.30 bits per heavy atom. The van der Waals surface area contributed by atoms with E-state index in [0.29, 0.717) is 29.9 Å². The zero-order chi connectivity index (χ0) is 14.9. The normalized spacial score (nSPS) is 11.8. The Morgan fingerprint density at radius 3 is 2.50 bits per heavy atom. The second-order valence-corrected chi connectivity index (χ2v) is 6.76. The van der Waals surface area contributed by atoms with E-state index in [1.165, 1.54) is 16.8 Å². The number of rotatable bonds is 4. The van der Waals surface area contributed by atoms with Gasteiger partial charge in [0.05, 0.1) is 17.1 Å². The van der Waals surface area contributed by atoms with Crippen molar-refractivity contribution in [2.24, 2.45) is 0 Å². The van der Waals surface area contributed by atoms with Crippen LogP contribution in [0.3, 0.4) is 0 Å². The number of hydrogen-bond acceptors (Lipinski definition) is 3. The van der Waals surface area contributed by atoms with E-state index in [9.17, 15) is 12.8 Å². The third-order valence-electron chi connectivity index (χ3n) is 2.97. The molecule has 7 heteroatoms. The van der Waals surface area contributed by atoms with Crippen molar-refractivity contribution in [1.82, 2.24) is 9.78 Å². The Labute approximate surface area is 121 Å². The molecule has 4 nitrogen and oxygen atoms in total. The summed E-state index contributed by atoms with van der Waals surface area (Å²) in [6.45, 7) is 3.60. The van der Waals surface area contributed by atoms with E-state index in [1.54, 1.807) is 26.0 Å². The van der Waals surface area contributed by atoms with Crippen LogP contribution in [-0.2, 0) is 21.9 Å². The van der Waals surface area contributed by atoms with E-state index >= 15 is 0 Å². The zero-order valence-electron chi connectivity index (χ0n) is 11.1. The maximum Gasteiger partial charge on any atom is 0.265 e. The Bertz CT molecular complexity index is 741. The van der Waals surface area contributed by atoms with Crippen LogP contribution in [0.4, 0.5) is 4.39 Å². The molecule has 0 atom stereocenters. The summed E-state index contributed by atoms with van der Waals surface area (Å²) in [5.41, 5.74) is 1.33. The lowest BCUT2D eigenvalue weighted by molar-refractivity contribution is 0.607. The van der Waals surface area contributed by atoms with Gasteiger partial charge in [0.15, 0.2) is 0 Å². The summed E-state index contributed by atoms with van der Waals surface area (Å²) in [5, 5.41) is 4.26. The molecule has 0 amide bonds. The van der Waals surface area contributed by atoms with Crippen molar-refractivity contribution >= 4 is 19.7 Å². The maximum absolute atomic E-state index is 13.3. The number of nitrogens with zero attached hydrogens (tertiary/aromatic N) is 2. The van der Waals surface area contributed by atoms with Gasteiger partial charge in [-0.3, -0.25) is 0 Å². The summed E-state index contributed by atoms with van der Waals surface area (Å²) in [4.78, 5) is 0.0356. The van der Waals surface area contributed by atoms with E-state index in [1.807, 2.05) is 0 Å². The second-order valence-electron chi connectivity index (χ2n) is 4.26. The minimum Gasteiger partial charge on any atom is -0.236 e. The summed E-state index contributed by atoms with van der Waals surface area (Å²) in [5.74, 6) is -0.409. The highest BCUT2D eigenvalue weighted by atomic mass is 35.7. The van der Waals surface area contributed by atoms with Crippen LogP contribution in [-0.4, -0.2) is 18.2 Å². The summed E-state index contributed by atoms with van der Waals surface area (Å²) in [6, 6.07) is 5.83. The molecular formula is C13H14ClFN2O2S. The van der Waals surface area contributed by atoms with Gasteiger partial charge in [-0.2, -0.15) is 5.10 Å². The fraction of sp³-hybridized carbons (Fsp3) is 0.308. The van der Waals surface area contributed by atoms with Gasteiger partial charge in [-0.15, -0.1) is 0 Å². The fourth-order valence-electron chi connectivity index (χ4n) is 2.13. The third-order valence-corrected chi connectivity index (χ3v) is 4.39. The molecule has 0 saturated carbocycles. The Kier molecular flexibility index (Phi) is 4.15. The first-order valence-electron chi connectivity index (χ1n) is 6.19. The lowest BCUT2D eigenvalue weighted by Crippen LogP contribution is -2.04. The van der Waals surface area contributed by atoms with Crippen molar-refractivity contribution in [3.05, 3.63) is 41.5 Å². The molecule has 20 heavy (non-hydrogen) atoms. The Hall–Kier alpha value is -1.40. The van der Waals surface area contributed by atoms with E-state index in [0.717, 1.165) is 0 Å². The van der Waals surface area contributed by atoms with Crippen LogP contribution in [0.25, 0.3) is 5.69 Å². The molecule has 0 bridgehead atoms. The Morgan fingerprint density at radius 2 is 2.00 bits per heavy atom. The highest BCUT2D eigenvalue weighted by molar-refractivity contribution is 8.13. The first kappa shape index (κ1) is 15.0. The summed E-state index contributed by atoms with van der Waals surface area (Å²) in [6.07, 6.45) is 0.849. The van der Waals surface area contributed by atoms with Crippen molar-refractivity contribution < 1.29 is 12.8 Å². The van der Waals surface area contributed by atoms with Gasteiger partial charge < -0.3 is 0 Å². The maximum atomic E-state index is 13.3. The molecule has 2 aromatic rings. The van der Waals surface area contributed by atoms with Gasteiger partial charge in [0.1, 0.15) is 10.7 Å². The van der Waals surface area contributed by atoms with Gasteiger partial charge in [-0.05, 0) is 31.0 Å². The average Bonchev–Trinajstić information content (AvgIpc) is 2.77. The van der Waals surface area contributed by atoms with E-state index in [2.05, 4.69) is 5.10 Å². The molecule has 1 aromatic heterocycles. The van der Waals surface area contributed by atoms with Crippen LogP contribution >= 0.6 is 10.7 Å². The molecule has 0 radical (unpaired) electrons. The fourth-order valence-corrected chi connectivity index (χ4v) is 3.65. The highest BCUT2D eigenvalue weighted by Gasteiger charge is 2.25. The second kappa shape index (κ2) is 5.54. The molecule has 0 aliphatic carbocycles. The van der Waals surface area contributed by atoms with Gasteiger partial charge >= 0.3 is 0 Å². The van der Waals surface area contributed by atoms with Crippen molar-refractivity contribution in [3.63, 3.8) is 0 Å². The number of aromatic nitrogens is 2. The number of aryl methyl sites for hydroxylation is 1. The first-order valence-corrected chi connectivity index (χ1v) is 8.50. The van der Waals surface area contributed by atoms with Crippen molar-refractivity contribution in [3.8, 4) is 5.69 Å². The largest absolute Gasteiger partial charge is 0.265 e. The predicted octanol–water partition coefficient (Wildman–Crippen LogP) is 3.06. The molecule has 0 spiro atoms. The SMILES string of the molecule is CCc1nn(-c2cccc(F)c2)c(CC)c1S(=O)(=O)Cl. The van der Waals surface area contributed by atoms with Gasteiger partial charge in [0.25, 0.3) is 9.05 Å². The topological polar surface area (TPSA) is 52.0 Å². The monoisotopic (exact) mass is 316 g/mol. The molecule has 0 N–H and O–H groups in total. The van der Waals surface area contributed by atoms with Crippen molar-refractivity contribution in [2.75, 3.05) is 0 Å². The van der Waals surface area contributed by atoms with Crippen LogP contribution in [0.2, 0.25) is 0 Å². The number of benzene rings is 1. The van der Waals surface area contributed by atoms with Crippen LogP contribution in [0, 0.1) is 5.82 Å². The van der Waals surface area contributed by atoms with E-state index < -0.39 is 14.9 Å². The molecule has 0 unspecified atom stereocenters. The molecule has 0 aliphatic rings. The summed E-state index contributed by atoms with van der Waals surface area (Å²) < 4.78 is 38.3. The lowest BCUT2D eigenvalue weighted by Gasteiger charge is -2.06. The van der Waals surface area contributed by atoms with Gasteiger partial charge in [0.2, 0.25) is 0 Å². The van der Waals surface area contributed by atoms with Crippen LogP contribution in [0.1, 0.15) is 25.2 Å². The molecule has 0 fully saturated rings. The van der Waals surface area contributed by atoms with E-state index in [4.69, 9.17) is 10.7 Å². The van der Waals surface area contributed by atoms with Crippen LogP contribution in [0.5, 0.6) is 0 Å². The summed E-state index contributed by atoms with van der Waals surface area (Å²) >= 11 is 0. The van der Waals surface area contributed by atoms with Gasteiger partial charge in [-0.1, -0.05) is 19.9 Å². The van der Waals surface area contributed by atoms with E-state index in [-0.39, 0.29) is 4.90 Å². The smallest absolute Gasteiger partial charge is 0.236 e. The van der Waals surface area contributed by atoms with Gasteiger partial charge in [-0.25, -0.2) is 17.5 Å². The third kappa shape index (κ3) is 2.71. The molecule has 1 heterocycles. The average molecular weight is 317 g/mol. The van der Waals surface area contributed by atoms with Gasteiger partial charge in [0, 0.05) is 10.7 Å². The zero-order valence-corrected chi connectivity index (χ0v) is 12.7. The molecular weight excluding hydrogens is 303 g/mol. The van der Waals surface area contributed by atoms with Crippen molar-refractivity contribution in [2.45, 2.75) is 31.6 Å². The van der Waals surface area contributed by atoms with Crippen LogP contribution < -0.4 is 0 Å².